The molecular formula is C45H72NO9P. The highest BCUT2D eigenvalue weighted by Crippen LogP contribution is 2.43. The SMILES string of the molecule is CC/C=C\C/C=C\C/C=C\C/C=C\C/C=C\C=C/C(O)CCC(=O)OC[C@H](COP(=O)(O)OCCN)OC(=O)CCCCCCC/C=C\C/C=C\C/C=C\CC. The van der Waals surface area contributed by atoms with Crippen molar-refractivity contribution in [3.05, 3.63) is 109 Å². The molecule has 0 aliphatic carbocycles. The Balaban J connectivity index is 4.48. The molecule has 0 amide bonds. The maximum Gasteiger partial charge on any atom is 0.472 e. The molecule has 0 aliphatic rings. The van der Waals surface area contributed by atoms with Crippen molar-refractivity contribution in [2.45, 2.75) is 135 Å². The Bertz CT molecular complexity index is 1300. The zero-order valence-electron chi connectivity index (χ0n) is 34.2. The first kappa shape index (κ1) is 52.6. The molecule has 0 aromatic heterocycles. The van der Waals surface area contributed by atoms with Gasteiger partial charge in [0.1, 0.15) is 6.61 Å². The van der Waals surface area contributed by atoms with Gasteiger partial charge in [-0.1, -0.05) is 142 Å². The third-order valence-corrected chi connectivity index (χ3v) is 8.76. The molecule has 11 heteroatoms. The quantitative estimate of drug-likeness (QED) is 0.0183. The van der Waals surface area contributed by atoms with Crippen LogP contribution in [-0.4, -0.2) is 60.5 Å². The number of ether oxygens (including phenoxy) is 2. The second-order valence-corrected chi connectivity index (χ2v) is 14.4. The van der Waals surface area contributed by atoms with Gasteiger partial charge < -0.3 is 25.2 Å². The van der Waals surface area contributed by atoms with Gasteiger partial charge in [-0.3, -0.25) is 18.6 Å². The summed E-state index contributed by atoms with van der Waals surface area (Å²) in [6.07, 6.45) is 48.8. The van der Waals surface area contributed by atoms with Gasteiger partial charge in [0.15, 0.2) is 6.10 Å². The Morgan fingerprint density at radius 1 is 0.625 bits per heavy atom. The number of esters is 2. The van der Waals surface area contributed by atoms with Gasteiger partial charge in [0.05, 0.1) is 19.3 Å². The lowest BCUT2D eigenvalue weighted by Gasteiger charge is -2.20. The van der Waals surface area contributed by atoms with Crippen molar-refractivity contribution in [1.29, 1.82) is 0 Å². The van der Waals surface area contributed by atoms with Gasteiger partial charge in [0.2, 0.25) is 0 Å². The van der Waals surface area contributed by atoms with Crippen LogP contribution in [0.3, 0.4) is 0 Å². The molecule has 0 spiro atoms. The molecular weight excluding hydrogens is 729 g/mol. The molecule has 0 aromatic rings. The van der Waals surface area contributed by atoms with Crippen LogP contribution in [-0.2, 0) is 32.7 Å². The summed E-state index contributed by atoms with van der Waals surface area (Å²) in [5.41, 5.74) is 5.33. The molecule has 4 N–H and O–H groups in total. The first-order valence-electron chi connectivity index (χ1n) is 20.5. The van der Waals surface area contributed by atoms with Crippen molar-refractivity contribution in [3.63, 3.8) is 0 Å². The van der Waals surface area contributed by atoms with Crippen LogP contribution in [0.15, 0.2) is 109 Å². The minimum Gasteiger partial charge on any atom is -0.462 e. The number of allylic oxidation sites excluding steroid dienone is 17. The predicted molar refractivity (Wildman–Crippen MR) is 230 cm³/mol. The van der Waals surface area contributed by atoms with E-state index in [1.54, 1.807) is 12.2 Å². The summed E-state index contributed by atoms with van der Waals surface area (Å²) in [6, 6.07) is 0. The Morgan fingerprint density at radius 3 is 1.71 bits per heavy atom. The molecule has 0 rings (SSSR count). The number of nitrogens with two attached hydrogens (primary N) is 1. The summed E-state index contributed by atoms with van der Waals surface area (Å²) in [6.45, 7) is 3.17. The number of carbonyl (C=O) groups excluding carboxylic acids is 2. The highest BCUT2D eigenvalue weighted by atomic mass is 31.2. The molecule has 10 nitrogen and oxygen atoms in total. The second-order valence-electron chi connectivity index (χ2n) is 12.9. The molecule has 0 radical (unpaired) electrons. The first-order chi connectivity index (χ1) is 27.2. The second kappa shape index (κ2) is 39.8. The van der Waals surface area contributed by atoms with Crippen molar-refractivity contribution in [2.75, 3.05) is 26.4 Å². The van der Waals surface area contributed by atoms with Gasteiger partial charge in [-0.15, -0.1) is 0 Å². The van der Waals surface area contributed by atoms with E-state index in [4.69, 9.17) is 24.3 Å². The van der Waals surface area contributed by atoms with Crippen LogP contribution in [0, 0.1) is 0 Å². The minimum atomic E-state index is -4.44. The van der Waals surface area contributed by atoms with Crippen molar-refractivity contribution in [3.8, 4) is 0 Å². The lowest BCUT2D eigenvalue weighted by Crippen LogP contribution is -2.29. The summed E-state index contributed by atoms with van der Waals surface area (Å²) >= 11 is 0. The topological polar surface area (TPSA) is 155 Å². The van der Waals surface area contributed by atoms with Crippen molar-refractivity contribution < 1.29 is 42.7 Å². The highest BCUT2D eigenvalue weighted by molar-refractivity contribution is 7.47. The first-order valence-corrected chi connectivity index (χ1v) is 22.0. The number of hydrogen-bond donors (Lipinski definition) is 3. The van der Waals surface area contributed by atoms with Crippen LogP contribution in [0.25, 0.3) is 0 Å². The van der Waals surface area contributed by atoms with Gasteiger partial charge in [0.25, 0.3) is 0 Å². The average molecular weight is 802 g/mol. The number of unbranched alkanes of at least 4 members (excludes halogenated alkanes) is 5. The standard InChI is InChI=1S/C45H72NO9P/c1-3-5-7-9-11-13-15-17-19-21-22-24-26-28-30-32-34-42(47)36-37-44(48)52-40-43(41-54-56(50,51)53-39-38-46)55-45(49)35-33-31-29-27-25-23-20-18-16-14-12-10-8-6-4-2/h5-8,11-14,17-20,22,24,28,30,32,34,42-43,47H,3-4,9-10,15-16,21,23,25-27,29,31,33,35-41,46H2,1-2H3,(H,50,51)/b7-5-,8-6-,13-11-,14-12-,19-17-,20-18-,24-22-,30-28-,34-32-/t42?,43-/m1/s1. The molecule has 0 saturated heterocycles. The summed E-state index contributed by atoms with van der Waals surface area (Å²) in [5.74, 6) is -1.15. The van der Waals surface area contributed by atoms with E-state index >= 15 is 0 Å². The molecule has 0 heterocycles. The number of aliphatic hydroxyl groups is 1. The lowest BCUT2D eigenvalue weighted by atomic mass is 10.1. The van der Waals surface area contributed by atoms with Crippen LogP contribution < -0.4 is 5.73 Å². The third-order valence-electron chi connectivity index (χ3n) is 7.77. The van der Waals surface area contributed by atoms with Crippen LogP contribution in [0.2, 0.25) is 0 Å². The zero-order valence-corrected chi connectivity index (χ0v) is 35.1. The molecule has 0 aromatic carbocycles. The normalized spacial score (nSPS) is 15.0. The lowest BCUT2D eigenvalue weighted by molar-refractivity contribution is -0.161. The largest absolute Gasteiger partial charge is 0.472 e. The maximum atomic E-state index is 12.6. The van der Waals surface area contributed by atoms with E-state index in [2.05, 4.69) is 98.9 Å². The fourth-order valence-electron chi connectivity index (χ4n) is 4.76. The monoisotopic (exact) mass is 801 g/mol. The Morgan fingerprint density at radius 2 is 1.14 bits per heavy atom. The molecule has 0 saturated carbocycles. The minimum absolute atomic E-state index is 0.0129. The van der Waals surface area contributed by atoms with Crippen molar-refractivity contribution >= 4 is 19.8 Å². The third kappa shape index (κ3) is 38.9. The van der Waals surface area contributed by atoms with Crippen LogP contribution in [0.4, 0.5) is 0 Å². The van der Waals surface area contributed by atoms with E-state index < -0.39 is 38.6 Å². The van der Waals surface area contributed by atoms with Crippen molar-refractivity contribution in [2.24, 2.45) is 5.73 Å². The Kier molecular flexibility index (Phi) is 37.5. The van der Waals surface area contributed by atoms with Gasteiger partial charge in [-0.2, -0.15) is 0 Å². The highest BCUT2D eigenvalue weighted by Gasteiger charge is 2.26. The van der Waals surface area contributed by atoms with Gasteiger partial charge in [0, 0.05) is 19.4 Å². The summed E-state index contributed by atoms with van der Waals surface area (Å²) in [5, 5.41) is 10.2. The van der Waals surface area contributed by atoms with Crippen LogP contribution in [0.1, 0.15) is 123 Å². The fourth-order valence-corrected chi connectivity index (χ4v) is 5.52. The van der Waals surface area contributed by atoms with Gasteiger partial charge >= 0.3 is 19.8 Å². The van der Waals surface area contributed by atoms with E-state index in [1.807, 2.05) is 12.2 Å². The number of hydrogen-bond acceptors (Lipinski definition) is 9. The van der Waals surface area contributed by atoms with Crippen molar-refractivity contribution in [1.82, 2.24) is 0 Å². The Hall–Kier alpha value is -3.37. The van der Waals surface area contributed by atoms with Gasteiger partial charge in [-0.25, -0.2) is 4.57 Å². The molecule has 56 heavy (non-hydrogen) atoms. The molecule has 0 fully saturated rings. The van der Waals surface area contributed by atoms with Crippen LogP contribution in [0.5, 0.6) is 0 Å². The van der Waals surface area contributed by atoms with Crippen LogP contribution >= 0.6 is 7.82 Å². The van der Waals surface area contributed by atoms with E-state index in [0.29, 0.717) is 6.42 Å². The summed E-state index contributed by atoms with van der Waals surface area (Å²) in [4.78, 5) is 34.8. The van der Waals surface area contributed by atoms with E-state index in [-0.39, 0.29) is 39.0 Å². The molecule has 316 valence electrons. The molecule has 3 atom stereocenters. The zero-order chi connectivity index (χ0) is 41.2. The fraction of sp³-hybridized carbons (Fsp3) is 0.556. The Labute approximate surface area is 338 Å². The van der Waals surface area contributed by atoms with Gasteiger partial charge in [-0.05, 0) is 77.0 Å². The average Bonchev–Trinajstić information content (AvgIpc) is 3.18. The number of rotatable bonds is 36. The number of phosphoric ester groups is 1. The smallest absolute Gasteiger partial charge is 0.462 e. The number of carbonyl (C=O) groups is 2. The molecule has 0 bridgehead atoms. The van der Waals surface area contributed by atoms with E-state index in [9.17, 15) is 24.2 Å². The molecule has 0 aliphatic heterocycles. The predicted octanol–water partition coefficient (Wildman–Crippen LogP) is 10.6. The molecule has 2 unspecified atom stereocenters. The summed E-state index contributed by atoms with van der Waals surface area (Å²) in [7, 11) is -4.44. The number of aliphatic hydroxyl groups excluding tert-OH is 1. The van der Waals surface area contributed by atoms with E-state index in [1.165, 1.54) is 0 Å². The van der Waals surface area contributed by atoms with E-state index in [0.717, 1.165) is 83.5 Å². The summed E-state index contributed by atoms with van der Waals surface area (Å²) < 4.78 is 32.5. The number of phosphoric acid groups is 1. The maximum absolute atomic E-state index is 12.6.